The lowest BCUT2D eigenvalue weighted by atomic mass is 9.71. The third-order valence-corrected chi connectivity index (χ3v) is 5.16. The zero-order valence-electron chi connectivity index (χ0n) is 12.4. The van der Waals surface area contributed by atoms with Gasteiger partial charge in [0.15, 0.2) is 0 Å². The van der Waals surface area contributed by atoms with E-state index >= 15 is 0 Å². The lowest BCUT2D eigenvalue weighted by Gasteiger charge is -2.40. The van der Waals surface area contributed by atoms with Crippen LogP contribution in [0.1, 0.15) is 50.3 Å². The summed E-state index contributed by atoms with van der Waals surface area (Å²) in [5, 5.41) is 3.43. The molecule has 0 aromatic heterocycles. The number of likely N-dealkylation sites (tertiary alicyclic amines) is 1. The number of rotatable bonds is 2. The number of hydrogen-bond donors (Lipinski definition) is 1. The average molecular weight is 258 g/mol. The molecule has 2 unspecified atom stereocenters. The van der Waals surface area contributed by atoms with Crippen molar-refractivity contribution in [3.05, 3.63) is 35.4 Å². The Morgan fingerprint density at radius 1 is 1.21 bits per heavy atom. The minimum Gasteiger partial charge on any atom is -0.316 e. The fourth-order valence-electron chi connectivity index (χ4n) is 3.88. The third-order valence-electron chi connectivity index (χ3n) is 5.16. The third kappa shape index (κ3) is 2.32. The highest BCUT2D eigenvalue weighted by atomic mass is 15.2. The zero-order chi connectivity index (χ0) is 13.5. The van der Waals surface area contributed by atoms with E-state index in [1.54, 1.807) is 11.1 Å². The standard InChI is InChI=1S/C17H26N2/c1-17(2)10-8-16(14-6-4-5-7-15(14)17)19-11-9-13(12-19)18-3/h4-7,13,16,18H,8-12H2,1-3H3. The fourth-order valence-corrected chi connectivity index (χ4v) is 3.88. The molecular weight excluding hydrogens is 232 g/mol. The van der Waals surface area contributed by atoms with E-state index in [0.717, 1.165) is 0 Å². The number of nitrogens with one attached hydrogen (secondary N) is 1. The number of hydrogen-bond acceptors (Lipinski definition) is 2. The maximum Gasteiger partial charge on any atom is 0.0352 e. The van der Waals surface area contributed by atoms with Gasteiger partial charge in [0.25, 0.3) is 0 Å². The molecule has 1 aromatic rings. The van der Waals surface area contributed by atoms with Crippen LogP contribution in [-0.2, 0) is 5.41 Å². The van der Waals surface area contributed by atoms with Crippen molar-refractivity contribution >= 4 is 0 Å². The molecule has 1 aliphatic heterocycles. The van der Waals surface area contributed by atoms with E-state index in [1.165, 1.54) is 32.4 Å². The molecule has 0 saturated carbocycles. The van der Waals surface area contributed by atoms with Crippen LogP contribution in [0, 0.1) is 0 Å². The van der Waals surface area contributed by atoms with Gasteiger partial charge in [0, 0.05) is 25.2 Å². The van der Waals surface area contributed by atoms with Gasteiger partial charge in [0.05, 0.1) is 0 Å². The Balaban J connectivity index is 1.89. The van der Waals surface area contributed by atoms with Crippen molar-refractivity contribution in [2.24, 2.45) is 0 Å². The first-order chi connectivity index (χ1) is 9.12. The summed E-state index contributed by atoms with van der Waals surface area (Å²) in [6.07, 6.45) is 3.90. The van der Waals surface area contributed by atoms with E-state index in [1.807, 2.05) is 0 Å². The summed E-state index contributed by atoms with van der Waals surface area (Å²) in [5.74, 6) is 0. The summed E-state index contributed by atoms with van der Waals surface area (Å²) in [6, 6.07) is 10.4. The first-order valence-electron chi connectivity index (χ1n) is 7.62. The van der Waals surface area contributed by atoms with Crippen molar-refractivity contribution in [1.29, 1.82) is 0 Å². The first-order valence-corrected chi connectivity index (χ1v) is 7.62. The van der Waals surface area contributed by atoms with Crippen LogP contribution in [0.15, 0.2) is 24.3 Å². The Morgan fingerprint density at radius 3 is 2.74 bits per heavy atom. The molecule has 1 aliphatic carbocycles. The van der Waals surface area contributed by atoms with Crippen molar-refractivity contribution in [3.8, 4) is 0 Å². The number of nitrogens with zero attached hydrogens (tertiary/aromatic N) is 1. The summed E-state index contributed by atoms with van der Waals surface area (Å²) in [7, 11) is 2.09. The largest absolute Gasteiger partial charge is 0.316 e. The molecule has 0 amide bonds. The highest BCUT2D eigenvalue weighted by Crippen LogP contribution is 2.44. The second-order valence-corrected chi connectivity index (χ2v) is 6.79. The minimum absolute atomic E-state index is 0.342. The monoisotopic (exact) mass is 258 g/mol. The van der Waals surface area contributed by atoms with E-state index in [9.17, 15) is 0 Å². The lowest BCUT2D eigenvalue weighted by molar-refractivity contribution is 0.196. The van der Waals surface area contributed by atoms with Crippen LogP contribution in [0.4, 0.5) is 0 Å². The van der Waals surface area contributed by atoms with Gasteiger partial charge in [0.1, 0.15) is 0 Å². The Kier molecular flexibility index (Phi) is 3.40. The molecule has 1 fully saturated rings. The molecule has 1 aromatic carbocycles. The predicted octanol–water partition coefficient (Wildman–Crippen LogP) is 3.09. The summed E-state index contributed by atoms with van der Waals surface area (Å²) < 4.78 is 0. The molecule has 1 heterocycles. The highest BCUT2D eigenvalue weighted by Gasteiger charge is 2.36. The van der Waals surface area contributed by atoms with Crippen molar-refractivity contribution < 1.29 is 0 Å². The molecule has 2 heteroatoms. The van der Waals surface area contributed by atoms with Crippen LogP contribution in [-0.4, -0.2) is 31.1 Å². The molecule has 104 valence electrons. The van der Waals surface area contributed by atoms with Crippen LogP contribution in [0.2, 0.25) is 0 Å². The molecule has 0 radical (unpaired) electrons. The molecule has 3 rings (SSSR count). The van der Waals surface area contributed by atoms with Gasteiger partial charge >= 0.3 is 0 Å². The SMILES string of the molecule is CNC1CCN(C2CCC(C)(C)c3ccccc32)C1. The molecule has 2 atom stereocenters. The normalized spacial score (nSPS) is 30.3. The van der Waals surface area contributed by atoms with Crippen molar-refractivity contribution in [1.82, 2.24) is 10.2 Å². The Labute approximate surface area is 117 Å². The molecule has 1 N–H and O–H groups in total. The first kappa shape index (κ1) is 13.1. The zero-order valence-corrected chi connectivity index (χ0v) is 12.4. The summed E-state index contributed by atoms with van der Waals surface area (Å²) in [6.45, 7) is 7.23. The lowest BCUT2D eigenvalue weighted by Crippen LogP contribution is -2.36. The summed E-state index contributed by atoms with van der Waals surface area (Å²) >= 11 is 0. The molecule has 0 spiro atoms. The maximum atomic E-state index is 3.43. The van der Waals surface area contributed by atoms with Crippen LogP contribution < -0.4 is 5.32 Å². The molecule has 0 bridgehead atoms. The van der Waals surface area contributed by atoms with Gasteiger partial charge in [0.2, 0.25) is 0 Å². The number of benzene rings is 1. The Morgan fingerprint density at radius 2 is 2.00 bits per heavy atom. The smallest absolute Gasteiger partial charge is 0.0352 e. The van der Waals surface area contributed by atoms with E-state index in [0.29, 0.717) is 17.5 Å². The van der Waals surface area contributed by atoms with Crippen molar-refractivity contribution in [3.63, 3.8) is 0 Å². The molecule has 2 aliphatic rings. The molecule has 19 heavy (non-hydrogen) atoms. The number of fused-ring (bicyclic) bond motifs is 1. The highest BCUT2D eigenvalue weighted by molar-refractivity contribution is 5.38. The Hall–Kier alpha value is -0.860. The second-order valence-electron chi connectivity index (χ2n) is 6.79. The van der Waals surface area contributed by atoms with E-state index in [4.69, 9.17) is 0 Å². The van der Waals surface area contributed by atoms with E-state index < -0.39 is 0 Å². The number of likely N-dealkylation sites (N-methyl/N-ethyl adjacent to an activating group) is 1. The average Bonchev–Trinajstić information content (AvgIpc) is 2.88. The van der Waals surface area contributed by atoms with Crippen molar-refractivity contribution in [2.45, 2.75) is 50.6 Å². The molecular formula is C17H26N2. The van der Waals surface area contributed by atoms with Crippen LogP contribution in [0.5, 0.6) is 0 Å². The second kappa shape index (κ2) is 4.92. The van der Waals surface area contributed by atoms with Gasteiger partial charge < -0.3 is 5.32 Å². The molecule has 1 saturated heterocycles. The molecule has 2 nitrogen and oxygen atoms in total. The van der Waals surface area contributed by atoms with Gasteiger partial charge in [-0.15, -0.1) is 0 Å². The topological polar surface area (TPSA) is 15.3 Å². The summed E-state index contributed by atoms with van der Waals surface area (Å²) in [4.78, 5) is 2.69. The van der Waals surface area contributed by atoms with Crippen LogP contribution >= 0.6 is 0 Å². The van der Waals surface area contributed by atoms with E-state index in [-0.39, 0.29) is 0 Å². The van der Waals surface area contributed by atoms with Crippen LogP contribution in [0.25, 0.3) is 0 Å². The Bertz CT molecular complexity index is 452. The minimum atomic E-state index is 0.342. The quantitative estimate of drug-likeness (QED) is 0.877. The van der Waals surface area contributed by atoms with Crippen molar-refractivity contribution in [2.75, 3.05) is 20.1 Å². The van der Waals surface area contributed by atoms with Gasteiger partial charge in [-0.05, 0) is 42.9 Å². The fraction of sp³-hybridized carbons (Fsp3) is 0.647. The van der Waals surface area contributed by atoms with Gasteiger partial charge in [-0.25, -0.2) is 0 Å². The van der Waals surface area contributed by atoms with Gasteiger partial charge in [-0.3, -0.25) is 4.90 Å². The summed E-state index contributed by atoms with van der Waals surface area (Å²) in [5.41, 5.74) is 3.49. The van der Waals surface area contributed by atoms with Gasteiger partial charge in [-0.1, -0.05) is 38.1 Å². The van der Waals surface area contributed by atoms with Gasteiger partial charge in [-0.2, -0.15) is 0 Å². The van der Waals surface area contributed by atoms with Crippen LogP contribution in [0.3, 0.4) is 0 Å². The predicted molar refractivity (Wildman–Crippen MR) is 80.5 cm³/mol. The maximum absolute atomic E-state index is 3.43. The van der Waals surface area contributed by atoms with E-state index in [2.05, 4.69) is 55.4 Å².